The Morgan fingerprint density at radius 2 is 2.19 bits per heavy atom. The van der Waals surface area contributed by atoms with E-state index in [1.54, 1.807) is 0 Å². The van der Waals surface area contributed by atoms with Crippen molar-refractivity contribution < 1.29 is 14.3 Å². The lowest BCUT2D eigenvalue weighted by molar-refractivity contribution is -0.146. The number of methoxy groups -OCH3 is 1. The number of benzene rings is 1. The third kappa shape index (κ3) is 2.31. The molecule has 1 N–H and O–H groups in total. The highest BCUT2D eigenvalue weighted by Gasteiger charge is 2.63. The van der Waals surface area contributed by atoms with Crippen molar-refractivity contribution in [1.82, 2.24) is 10.2 Å². The molecule has 0 amide bonds. The van der Waals surface area contributed by atoms with Gasteiger partial charge in [0.05, 0.1) is 25.1 Å². The fourth-order valence-corrected chi connectivity index (χ4v) is 5.37. The molecule has 3 aliphatic heterocycles. The Labute approximate surface area is 153 Å². The van der Waals surface area contributed by atoms with E-state index in [0.717, 1.165) is 11.1 Å². The van der Waals surface area contributed by atoms with Crippen molar-refractivity contribution in [2.45, 2.75) is 37.5 Å². The van der Waals surface area contributed by atoms with Crippen molar-refractivity contribution in [3.63, 3.8) is 0 Å². The van der Waals surface area contributed by atoms with Gasteiger partial charge in [-0.1, -0.05) is 29.8 Å². The molecule has 0 saturated carbocycles. The molecule has 3 aliphatic rings. The van der Waals surface area contributed by atoms with Gasteiger partial charge in [0, 0.05) is 23.9 Å². The molecule has 0 radical (unpaired) electrons. The molecule has 4 rings (SSSR count). The molecule has 3 heterocycles. The van der Waals surface area contributed by atoms with Crippen molar-refractivity contribution in [2.75, 3.05) is 14.2 Å². The van der Waals surface area contributed by atoms with E-state index < -0.39 is 6.04 Å². The molecular formula is C20H23N3O3. The fourth-order valence-electron chi connectivity index (χ4n) is 5.37. The number of hydrogen-bond donors (Lipinski definition) is 1. The van der Waals surface area contributed by atoms with E-state index in [1.165, 1.54) is 7.11 Å². The summed E-state index contributed by atoms with van der Waals surface area (Å²) in [5.41, 5.74) is 2.12. The number of piperidine rings is 1. The summed E-state index contributed by atoms with van der Waals surface area (Å²) in [5, 5.41) is 13.0. The maximum Gasteiger partial charge on any atom is 0.323 e. The quantitative estimate of drug-likeness (QED) is 0.805. The highest BCUT2D eigenvalue weighted by Crippen LogP contribution is 2.51. The molecule has 2 bridgehead atoms. The predicted molar refractivity (Wildman–Crippen MR) is 93.9 cm³/mol. The van der Waals surface area contributed by atoms with Crippen molar-refractivity contribution in [1.29, 1.82) is 5.26 Å². The van der Waals surface area contributed by atoms with E-state index in [1.807, 2.05) is 37.1 Å². The number of carbonyl (C=O) groups is 2. The number of rotatable bonds is 2. The van der Waals surface area contributed by atoms with Gasteiger partial charge in [-0.15, -0.1) is 0 Å². The van der Waals surface area contributed by atoms with Crippen molar-refractivity contribution in [3.05, 3.63) is 35.4 Å². The summed E-state index contributed by atoms with van der Waals surface area (Å²) < 4.78 is 5.02. The second-order valence-corrected chi connectivity index (χ2v) is 7.71. The molecule has 1 aromatic rings. The molecule has 0 spiro atoms. The average Bonchev–Trinajstić information content (AvgIpc) is 3.14. The first-order valence-electron chi connectivity index (χ1n) is 9.03. The maximum atomic E-state index is 13.3. The molecule has 1 aromatic carbocycles. The Hall–Kier alpha value is -2.23. The highest BCUT2D eigenvalue weighted by molar-refractivity contribution is 5.91. The van der Waals surface area contributed by atoms with Crippen LogP contribution in [0.1, 0.15) is 23.6 Å². The number of ketones is 1. The Morgan fingerprint density at radius 3 is 2.85 bits per heavy atom. The number of carbonyl (C=O) groups excluding carboxylic acids is 2. The number of ether oxygens (including phenoxy) is 1. The van der Waals surface area contributed by atoms with Gasteiger partial charge in [-0.05, 0) is 26.0 Å². The van der Waals surface area contributed by atoms with Crippen LogP contribution in [0.15, 0.2) is 24.3 Å². The molecule has 26 heavy (non-hydrogen) atoms. The van der Waals surface area contributed by atoms with Gasteiger partial charge in [-0.2, -0.15) is 5.26 Å². The third-order valence-electron chi connectivity index (χ3n) is 6.44. The standard InChI is InChI=1S/C20H23N3O3/c1-10-5-4-6-11(7-10)16-15-14(17(22-16)20(25)26-3)18-12(9-21)8-13(19(15)24)23(18)2/h4-7,12-18,22H,8H2,1-3H3/t12-,13+,14+,15-,16+,17+,18+/m0/s1. The van der Waals surface area contributed by atoms with Crippen LogP contribution in [0.2, 0.25) is 0 Å². The molecule has 6 heteroatoms. The summed E-state index contributed by atoms with van der Waals surface area (Å²) in [6.45, 7) is 2.01. The number of nitriles is 1. The van der Waals surface area contributed by atoms with Gasteiger partial charge in [0.2, 0.25) is 0 Å². The summed E-state index contributed by atoms with van der Waals surface area (Å²) >= 11 is 0. The number of Topliss-reactive ketones (excluding diaryl/α,β-unsaturated/α-hetero) is 1. The molecule has 0 unspecified atom stereocenters. The summed E-state index contributed by atoms with van der Waals surface area (Å²) in [4.78, 5) is 27.8. The number of fused-ring (bicyclic) bond motifs is 4. The molecule has 136 valence electrons. The number of esters is 1. The number of hydrogen-bond acceptors (Lipinski definition) is 6. The van der Waals surface area contributed by atoms with Crippen LogP contribution >= 0.6 is 0 Å². The minimum absolute atomic E-state index is 0.112. The molecule has 0 aromatic heterocycles. The molecule has 0 aliphatic carbocycles. The Bertz CT molecular complexity index is 802. The highest BCUT2D eigenvalue weighted by atomic mass is 16.5. The van der Waals surface area contributed by atoms with E-state index >= 15 is 0 Å². The van der Waals surface area contributed by atoms with Crippen molar-refractivity contribution in [2.24, 2.45) is 17.8 Å². The van der Waals surface area contributed by atoms with Crippen LogP contribution in [-0.2, 0) is 14.3 Å². The van der Waals surface area contributed by atoms with Gasteiger partial charge >= 0.3 is 5.97 Å². The van der Waals surface area contributed by atoms with E-state index in [9.17, 15) is 14.9 Å². The minimum Gasteiger partial charge on any atom is -0.468 e. The van der Waals surface area contributed by atoms with Crippen molar-refractivity contribution >= 4 is 11.8 Å². The van der Waals surface area contributed by atoms with Crippen LogP contribution < -0.4 is 5.32 Å². The predicted octanol–water partition coefficient (Wildman–Crippen LogP) is 1.21. The second-order valence-electron chi connectivity index (χ2n) is 7.71. The lowest BCUT2D eigenvalue weighted by Gasteiger charge is -2.41. The average molecular weight is 353 g/mol. The van der Waals surface area contributed by atoms with Crippen molar-refractivity contribution in [3.8, 4) is 6.07 Å². The number of nitrogens with one attached hydrogen (secondary N) is 1. The number of nitrogens with zero attached hydrogens (tertiary/aromatic N) is 2. The largest absolute Gasteiger partial charge is 0.468 e. The first-order valence-corrected chi connectivity index (χ1v) is 9.03. The van der Waals surface area contributed by atoms with Gasteiger partial charge in [0.15, 0.2) is 5.78 Å². The molecule has 3 fully saturated rings. The van der Waals surface area contributed by atoms with E-state index in [4.69, 9.17) is 4.74 Å². The normalized spacial score (nSPS) is 38.7. The summed E-state index contributed by atoms with van der Waals surface area (Å²) in [5.74, 6) is -1.04. The van der Waals surface area contributed by atoms with Gasteiger partial charge < -0.3 is 4.74 Å². The SMILES string of the molecule is COC(=O)[C@@H]1N[C@H](c2cccc(C)c2)[C@H]2C(=O)[C@H]3C[C@@H](C#N)[C@H]([C@H]21)N3C. The number of likely N-dealkylation sites (N-methyl/N-ethyl adjacent to an activating group) is 1. The third-order valence-corrected chi connectivity index (χ3v) is 6.44. The number of aryl methyl sites for hydroxylation is 1. The molecular weight excluding hydrogens is 330 g/mol. The minimum atomic E-state index is -0.582. The summed E-state index contributed by atoms with van der Waals surface area (Å²) in [6, 6.07) is 9.24. The first kappa shape index (κ1) is 17.2. The summed E-state index contributed by atoms with van der Waals surface area (Å²) in [7, 11) is 3.27. The monoisotopic (exact) mass is 353 g/mol. The molecule has 7 atom stereocenters. The molecule has 3 saturated heterocycles. The zero-order valence-electron chi connectivity index (χ0n) is 15.2. The Kier molecular flexibility index (Phi) is 4.09. The van der Waals surface area contributed by atoms with E-state index in [2.05, 4.69) is 17.5 Å². The zero-order chi connectivity index (χ0) is 18.6. The van der Waals surface area contributed by atoms with Crippen LogP contribution in [0.25, 0.3) is 0 Å². The Balaban J connectivity index is 1.81. The summed E-state index contributed by atoms with van der Waals surface area (Å²) in [6.07, 6.45) is 0.554. The van der Waals surface area contributed by atoms with Gasteiger partial charge in [-0.3, -0.25) is 19.8 Å². The lowest BCUT2D eigenvalue weighted by Crippen LogP contribution is -2.56. The van der Waals surface area contributed by atoms with Crippen LogP contribution in [0.4, 0.5) is 0 Å². The van der Waals surface area contributed by atoms with Crippen LogP contribution in [0.3, 0.4) is 0 Å². The van der Waals surface area contributed by atoms with E-state index in [-0.39, 0.29) is 47.6 Å². The molecule has 6 nitrogen and oxygen atoms in total. The van der Waals surface area contributed by atoms with Crippen LogP contribution in [0, 0.1) is 36.0 Å². The lowest BCUT2D eigenvalue weighted by atomic mass is 9.73. The second kappa shape index (κ2) is 6.19. The van der Waals surface area contributed by atoms with Crippen LogP contribution in [0.5, 0.6) is 0 Å². The van der Waals surface area contributed by atoms with Gasteiger partial charge in [0.1, 0.15) is 6.04 Å². The maximum absolute atomic E-state index is 13.3. The van der Waals surface area contributed by atoms with Gasteiger partial charge in [0.25, 0.3) is 0 Å². The first-order chi connectivity index (χ1) is 12.5. The fraction of sp³-hybridized carbons (Fsp3) is 0.550. The van der Waals surface area contributed by atoms with E-state index in [0.29, 0.717) is 6.42 Å². The smallest absolute Gasteiger partial charge is 0.323 e. The topological polar surface area (TPSA) is 82.4 Å². The Morgan fingerprint density at radius 1 is 1.42 bits per heavy atom. The zero-order valence-corrected chi connectivity index (χ0v) is 15.2. The van der Waals surface area contributed by atoms with Crippen LogP contribution in [-0.4, -0.2) is 48.9 Å². The van der Waals surface area contributed by atoms with Gasteiger partial charge in [-0.25, -0.2) is 0 Å².